The van der Waals surface area contributed by atoms with Gasteiger partial charge in [0, 0.05) is 28.7 Å². The quantitative estimate of drug-likeness (QED) is 0.361. The number of rotatable bonds is 7. The van der Waals surface area contributed by atoms with E-state index in [4.69, 9.17) is 20.7 Å². The molecule has 3 atom stereocenters. The highest BCUT2D eigenvalue weighted by atomic mass is 32.2. The number of nitrogens with two attached hydrogens (primary N) is 2. The lowest BCUT2D eigenvalue weighted by Crippen LogP contribution is -2.19. The number of nitrogens with zero attached hydrogens (tertiary/aromatic N) is 3. The Labute approximate surface area is 212 Å². The summed E-state index contributed by atoms with van der Waals surface area (Å²) in [5, 5.41) is 3.87. The van der Waals surface area contributed by atoms with E-state index in [0.717, 1.165) is 12.5 Å². The third kappa shape index (κ3) is 5.13. The van der Waals surface area contributed by atoms with Crippen LogP contribution in [0, 0.1) is 5.82 Å². The molecule has 1 fully saturated rings. The number of aromatic nitrogens is 3. The number of anilines is 1. The molecule has 5 rings (SSSR count). The number of halogens is 3. The summed E-state index contributed by atoms with van der Waals surface area (Å²) >= 11 is 0. The molecule has 0 radical (unpaired) electrons. The van der Waals surface area contributed by atoms with E-state index < -0.39 is 29.1 Å². The fourth-order valence-electron chi connectivity index (χ4n) is 3.96. The van der Waals surface area contributed by atoms with E-state index in [1.54, 1.807) is 24.3 Å². The van der Waals surface area contributed by atoms with Gasteiger partial charge in [-0.2, -0.15) is 0 Å². The summed E-state index contributed by atoms with van der Waals surface area (Å²) in [6, 6.07) is 10.6. The number of alkyl halides is 2. The van der Waals surface area contributed by atoms with Crippen molar-refractivity contribution in [3.05, 3.63) is 66.1 Å². The van der Waals surface area contributed by atoms with E-state index in [2.05, 4.69) is 15.1 Å². The molecule has 4 N–H and O–H groups in total. The van der Waals surface area contributed by atoms with Gasteiger partial charge in [-0.1, -0.05) is 23.4 Å². The van der Waals surface area contributed by atoms with Crippen LogP contribution in [0.5, 0.6) is 0 Å². The van der Waals surface area contributed by atoms with E-state index in [1.165, 1.54) is 24.4 Å². The molecule has 0 aliphatic carbocycles. The van der Waals surface area contributed by atoms with Crippen molar-refractivity contribution in [2.24, 2.45) is 5.73 Å². The van der Waals surface area contributed by atoms with Crippen LogP contribution in [0.15, 0.2) is 64.1 Å². The van der Waals surface area contributed by atoms with Crippen LogP contribution in [0.3, 0.4) is 0 Å². The van der Waals surface area contributed by atoms with Crippen LogP contribution >= 0.6 is 0 Å². The van der Waals surface area contributed by atoms with Gasteiger partial charge in [-0.25, -0.2) is 23.1 Å². The molecule has 12 heteroatoms. The lowest BCUT2D eigenvalue weighted by Gasteiger charge is -2.11. The van der Waals surface area contributed by atoms with E-state index in [-0.39, 0.29) is 39.3 Å². The topological polar surface area (TPSA) is 130 Å². The second kappa shape index (κ2) is 10.4. The van der Waals surface area contributed by atoms with Crippen LogP contribution < -0.4 is 11.5 Å². The number of nitrogen functional groups attached to an aromatic ring is 1. The average Bonchev–Trinajstić information content (AvgIpc) is 3.61. The molecule has 3 unspecified atom stereocenters. The highest BCUT2D eigenvalue weighted by Crippen LogP contribution is 2.32. The third-order valence-corrected chi connectivity index (χ3v) is 7.76. The first-order valence-electron chi connectivity index (χ1n) is 11.3. The van der Waals surface area contributed by atoms with Crippen molar-refractivity contribution >= 4 is 16.6 Å². The molecule has 0 saturated carbocycles. The maximum Gasteiger partial charge on any atom is 0.257 e. The number of benzene rings is 2. The fourth-order valence-corrected chi connectivity index (χ4v) is 5.28. The average molecular weight is 530 g/mol. The monoisotopic (exact) mass is 529 g/mol. The zero-order valence-electron chi connectivity index (χ0n) is 19.3. The van der Waals surface area contributed by atoms with E-state index >= 15 is 0 Å². The summed E-state index contributed by atoms with van der Waals surface area (Å²) in [6.07, 6.45) is -0.562. The summed E-state index contributed by atoms with van der Waals surface area (Å²) in [5.41, 5.74) is 13.0. The van der Waals surface area contributed by atoms with E-state index in [0.29, 0.717) is 29.4 Å². The molecule has 1 saturated heterocycles. The molecule has 192 valence electrons. The van der Waals surface area contributed by atoms with Gasteiger partial charge >= 0.3 is 0 Å². The SMILES string of the molecule is Nc1ncc(-c2ccc(S(=O)C3CCOC3)cc2)nc1-c1cc(-c2ccc(C(N)C(F)F)cc2F)no1. The first-order chi connectivity index (χ1) is 17.8. The summed E-state index contributed by atoms with van der Waals surface area (Å²) in [6.45, 7) is 1.10. The van der Waals surface area contributed by atoms with Crippen LogP contribution in [0.2, 0.25) is 0 Å². The Hall–Kier alpha value is -3.61. The summed E-state index contributed by atoms with van der Waals surface area (Å²) in [4.78, 5) is 9.43. The van der Waals surface area contributed by atoms with Crippen LogP contribution in [-0.2, 0) is 15.5 Å². The predicted octanol–water partition coefficient (Wildman–Crippen LogP) is 4.35. The normalized spacial score (nSPS) is 17.3. The van der Waals surface area contributed by atoms with Crippen LogP contribution in [0.1, 0.15) is 18.0 Å². The van der Waals surface area contributed by atoms with Crippen molar-refractivity contribution in [1.29, 1.82) is 0 Å². The molecular formula is C25H22F3N5O3S. The molecule has 8 nitrogen and oxygen atoms in total. The van der Waals surface area contributed by atoms with Gasteiger partial charge in [0.25, 0.3) is 6.43 Å². The standard InChI is InChI=1S/C25H22F3N5O3S/c26-18-9-14(22(29)24(27)28)3-6-17(18)19-10-21(36-33-19)23-25(30)31-11-20(32-23)13-1-4-15(5-2-13)37(34)16-7-8-35-12-16/h1-6,9-11,16,22,24H,7-8,12,29H2,(H2,30,31). The fraction of sp³-hybridized carbons (Fsp3) is 0.240. The first-order valence-corrected chi connectivity index (χ1v) is 12.5. The minimum Gasteiger partial charge on any atom is -0.382 e. The summed E-state index contributed by atoms with van der Waals surface area (Å²) < 4.78 is 63.8. The molecule has 0 spiro atoms. The Morgan fingerprint density at radius 3 is 2.54 bits per heavy atom. The summed E-state index contributed by atoms with van der Waals surface area (Å²) in [7, 11) is -1.16. The zero-order chi connectivity index (χ0) is 26.1. The van der Waals surface area contributed by atoms with Crippen molar-refractivity contribution < 1.29 is 26.6 Å². The minimum atomic E-state index is -2.82. The third-order valence-electron chi connectivity index (χ3n) is 6.04. The molecule has 0 bridgehead atoms. The molecule has 3 heterocycles. The minimum absolute atomic E-state index is 0.0171. The summed E-state index contributed by atoms with van der Waals surface area (Å²) in [5.74, 6) is -0.555. The second-order valence-electron chi connectivity index (χ2n) is 8.47. The molecule has 37 heavy (non-hydrogen) atoms. The van der Waals surface area contributed by atoms with Gasteiger partial charge in [-0.3, -0.25) is 4.21 Å². The number of hydrogen-bond acceptors (Lipinski definition) is 8. The van der Waals surface area contributed by atoms with Gasteiger partial charge in [0.2, 0.25) is 0 Å². The van der Waals surface area contributed by atoms with Crippen LogP contribution in [0.4, 0.5) is 19.0 Å². The molecule has 1 aliphatic rings. The van der Waals surface area contributed by atoms with Crippen molar-refractivity contribution in [3.63, 3.8) is 0 Å². The van der Waals surface area contributed by atoms with E-state index in [1.807, 2.05) is 0 Å². The molecule has 1 aliphatic heterocycles. The van der Waals surface area contributed by atoms with Crippen molar-refractivity contribution in [1.82, 2.24) is 15.1 Å². The zero-order valence-corrected chi connectivity index (χ0v) is 20.1. The Morgan fingerprint density at radius 1 is 1.08 bits per heavy atom. The molecular weight excluding hydrogens is 507 g/mol. The molecule has 2 aromatic heterocycles. The first kappa shape index (κ1) is 25.1. The van der Waals surface area contributed by atoms with Crippen LogP contribution in [-0.4, -0.2) is 44.2 Å². The van der Waals surface area contributed by atoms with Crippen LogP contribution in [0.25, 0.3) is 34.0 Å². The van der Waals surface area contributed by atoms with Gasteiger partial charge in [-0.15, -0.1) is 0 Å². The largest absolute Gasteiger partial charge is 0.382 e. The van der Waals surface area contributed by atoms with Gasteiger partial charge in [0.1, 0.15) is 11.5 Å². The highest BCUT2D eigenvalue weighted by Gasteiger charge is 2.24. The van der Waals surface area contributed by atoms with Crippen molar-refractivity contribution in [2.45, 2.75) is 29.0 Å². The number of ether oxygens (including phenoxy) is 1. The Bertz CT molecular complexity index is 1440. The van der Waals surface area contributed by atoms with Crippen molar-refractivity contribution in [3.8, 4) is 34.0 Å². The van der Waals surface area contributed by atoms with E-state index in [9.17, 15) is 17.4 Å². The maximum atomic E-state index is 14.7. The van der Waals surface area contributed by atoms with Gasteiger partial charge in [0.15, 0.2) is 17.3 Å². The smallest absolute Gasteiger partial charge is 0.257 e. The lowest BCUT2D eigenvalue weighted by atomic mass is 10.0. The molecule has 4 aromatic rings. The lowest BCUT2D eigenvalue weighted by molar-refractivity contribution is 0.116. The van der Waals surface area contributed by atoms with Gasteiger partial charge in [-0.05, 0) is 36.2 Å². The Balaban J connectivity index is 1.40. The Kier molecular flexibility index (Phi) is 7.04. The second-order valence-corrected chi connectivity index (χ2v) is 10.2. The van der Waals surface area contributed by atoms with Gasteiger partial charge < -0.3 is 20.7 Å². The highest BCUT2D eigenvalue weighted by molar-refractivity contribution is 7.85. The van der Waals surface area contributed by atoms with Gasteiger partial charge in [0.05, 0.1) is 40.6 Å². The Morgan fingerprint density at radius 2 is 1.86 bits per heavy atom. The maximum absolute atomic E-state index is 14.7. The number of hydrogen-bond donors (Lipinski definition) is 2. The predicted molar refractivity (Wildman–Crippen MR) is 131 cm³/mol. The molecule has 2 aromatic carbocycles. The van der Waals surface area contributed by atoms with Crippen molar-refractivity contribution in [2.75, 3.05) is 18.9 Å². The molecule has 0 amide bonds.